The van der Waals surface area contributed by atoms with Crippen LogP contribution in [0.3, 0.4) is 0 Å². The summed E-state index contributed by atoms with van der Waals surface area (Å²) in [6.45, 7) is 6.26. The fraction of sp³-hybridized carbons (Fsp3) is 0.214. The summed E-state index contributed by atoms with van der Waals surface area (Å²) in [5.74, 6) is -0.580. The van der Waals surface area contributed by atoms with Gasteiger partial charge in [0.05, 0.1) is 10.7 Å². The van der Waals surface area contributed by atoms with E-state index in [1.54, 1.807) is 0 Å². The molecule has 1 aromatic heterocycles. The van der Waals surface area contributed by atoms with Crippen molar-refractivity contribution in [3.8, 4) is 0 Å². The molecule has 0 amide bonds. The molecule has 1 atom stereocenters. The molecule has 1 N–H and O–H groups in total. The fourth-order valence-corrected chi connectivity index (χ4v) is 4.22. The van der Waals surface area contributed by atoms with E-state index in [1.807, 2.05) is 0 Å². The number of hydrogen-bond donors (Lipinski definition) is 1. The summed E-state index contributed by atoms with van der Waals surface area (Å²) in [4.78, 5) is -0.196. The van der Waals surface area contributed by atoms with Gasteiger partial charge in [0.1, 0.15) is 11.5 Å². The van der Waals surface area contributed by atoms with E-state index in [0.29, 0.717) is 4.31 Å². The van der Waals surface area contributed by atoms with Crippen molar-refractivity contribution in [2.45, 2.75) is 25.0 Å². The Morgan fingerprint density at radius 1 is 1.48 bits per heavy atom. The van der Waals surface area contributed by atoms with Gasteiger partial charge in [0.15, 0.2) is 16.9 Å². The van der Waals surface area contributed by atoms with Crippen LogP contribution >= 0.6 is 11.6 Å². The summed E-state index contributed by atoms with van der Waals surface area (Å²) < 4.78 is 44.6. The van der Waals surface area contributed by atoms with Crippen LogP contribution in [-0.4, -0.2) is 24.9 Å². The molecule has 0 aliphatic heterocycles. The van der Waals surface area contributed by atoms with Crippen molar-refractivity contribution in [2.75, 3.05) is 4.31 Å². The molecule has 1 heterocycles. The highest BCUT2D eigenvalue weighted by Gasteiger charge is 2.35. The van der Waals surface area contributed by atoms with Crippen LogP contribution in [0.4, 0.5) is 10.1 Å². The first-order chi connectivity index (χ1) is 10.7. The molecular weight excluding hydrogens is 347 g/mol. The zero-order chi connectivity index (χ0) is 17.4. The van der Waals surface area contributed by atoms with Crippen LogP contribution < -0.4 is 4.31 Å². The topological polar surface area (TPSA) is 83.6 Å². The molecule has 0 aliphatic rings. The Kier molecular flexibility index (Phi) is 4.79. The normalized spacial score (nSPS) is 12.9. The zero-order valence-electron chi connectivity index (χ0n) is 12.3. The molecule has 2 aromatic rings. The van der Waals surface area contributed by atoms with E-state index < -0.39 is 22.1 Å². The van der Waals surface area contributed by atoms with Crippen LogP contribution in [0.15, 0.2) is 40.3 Å². The summed E-state index contributed by atoms with van der Waals surface area (Å²) in [6.07, 6.45) is -0.605. The number of halogens is 2. The Morgan fingerprint density at radius 2 is 2.13 bits per heavy atom. The third-order valence-corrected chi connectivity index (χ3v) is 5.42. The van der Waals surface area contributed by atoms with Gasteiger partial charge in [-0.15, -0.1) is 0 Å². The molecule has 0 aliphatic carbocycles. The smallest absolute Gasteiger partial charge is 0.272 e. The van der Waals surface area contributed by atoms with E-state index in [1.165, 1.54) is 13.8 Å². The predicted octanol–water partition coefficient (Wildman–Crippen LogP) is 2.78. The summed E-state index contributed by atoms with van der Waals surface area (Å²) in [6, 6.07) is 3.13. The van der Waals surface area contributed by atoms with Gasteiger partial charge in [-0.1, -0.05) is 23.3 Å². The van der Waals surface area contributed by atoms with Crippen molar-refractivity contribution in [3.63, 3.8) is 0 Å². The second kappa shape index (κ2) is 6.31. The highest BCUT2D eigenvalue weighted by molar-refractivity contribution is 7.93. The second-order valence-corrected chi connectivity index (χ2v) is 6.86. The lowest BCUT2D eigenvalue weighted by Crippen LogP contribution is -2.39. The number of aromatic nitrogens is 1. The first-order valence-corrected chi connectivity index (χ1v) is 8.25. The lowest BCUT2D eigenvalue weighted by atomic mass is 10.3. The molecule has 0 radical (unpaired) electrons. The van der Waals surface area contributed by atoms with Gasteiger partial charge < -0.3 is 9.63 Å². The van der Waals surface area contributed by atoms with E-state index >= 15 is 0 Å². The maximum atomic E-state index is 13.2. The largest absolute Gasteiger partial charge is 0.369 e. The van der Waals surface area contributed by atoms with Gasteiger partial charge in [0, 0.05) is 0 Å². The first-order valence-electron chi connectivity index (χ1n) is 6.43. The molecule has 1 unspecified atom stereocenters. The average Bonchev–Trinajstić information content (AvgIpc) is 2.81. The minimum Gasteiger partial charge on any atom is -0.369 e. The first kappa shape index (κ1) is 17.5. The van der Waals surface area contributed by atoms with Crippen LogP contribution in [0, 0.1) is 19.7 Å². The lowest BCUT2D eigenvalue weighted by Gasteiger charge is -2.28. The quantitative estimate of drug-likeness (QED) is 0.654. The molecule has 0 saturated carbocycles. The molecule has 9 heteroatoms. The molecule has 0 bridgehead atoms. The van der Waals surface area contributed by atoms with Crippen molar-refractivity contribution < 1.29 is 22.4 Å². The Balaban J connectivity index is 2.71. The third kappa shape index (κ3) is 3.10. The predicted molar refractivity (Wildman–Crippen MR) is 83.3 cm³/mol. The molecule has 6 nitrogen and oxygen atoms in total. The van der Waals surface area contributed by atoms with Crippen LogP contribution in [0.2, 0.25) is 5.02 Å². The second-order valence-electron chi connectivity index (χ2n) is 4.70. The minimum absolute atomic E-state index is 0.0574. The van der Waals surface area contributed by atoms with Crippen LogP contribution in [0.5, 0.6) is 0 Å². The number of nitrogens with zero attached hydrogens (tertiary/aromatic N) is 2. The summed E-state index contributed by atoms with van der Waals surface area (Å²) in [7, 11) is -4.27. The van der Waals surface area contributed by atoms with Crippen LogP contribution in [0.1, 0.15) is 11.5 Å². The summed E-state index contributed by atoms with van der Waals surface area (Å²) >= 11 is 5.94. The number of benzene rings is 1. The third-order valence-electron chi connectivity index (χ3n) is 3.08. The van der Waals surface area contributed by atoms with E-state index in [0.717, 1.165) is 24.3 Å². The van der Waals surface area contributed by atoms with Crippen LogP contribution in [0.25, 0.3) is 0 Å². The molecule has 124 valence electrons. The molecule has 0 fully saturated rings. The zero-order valence-corrected chi connectivity index (χ0v) is 13.9. The van der Waals surface area contributed by atoms with Gasteiger partial charge in [-0.25, -0.2) is 17.1 Å². The van der Waals surface area contributed by atoms with Gasteiger partial charge in [-0.05, 0) is 38.1 Å². The Labute approximate surface area is 137 Å². The van der Waals surface area contributed by atoms with Gasteiger partial charge in [0.25, 0.3) is 10.0 Å². The highest BCUT2D eigenvalue weighted by Crippen LogP contribution is 2.34. The van der Waals surface area contributed by atoms with Crippen molar-refractivity contribution in [1.29, 1.82) is 0 Å². The Hall–Kier alpha value is -1.90. The number of aliphatic hydroxyl groups is 1. The summed E-state index contributed by atoms with van der Waals surface area (Å²) in [5.41, 5.74) is 0.0301. The minimum atomic E-state index is -4.27. The lowest BCUT2D eigenvalue weighted by molar-refractivity contribution is 0.235. The number of hydrogen-bond acceptors (Lipinski definition) is 5. The van der Waals surface area contributed by atoms with Crippen molar-refractivity contribution in [3.05, 3.63) is 53.1 Å². The van der Waals surface area contributed by atoms with Gasteiger partial charge in [-0.2, -0.15) is 0 Å². The van der Waals surface area contributed by atoms with E-state index in [-0.39, 0.29) is 27.1 Å². The Morgan fingerprint density at radius 3 is 2.61 bits per heavy atom. The molecule has 0 saturated heterocycles. The number of aryl methyl sites for hydroxylation is 2. The SMILES string of the molecule is C=CC(O)N(c1ccc(F)cc1Cl)S(=O)(=O)c1c(C)noc1C. The Bertz CT molecular complexity index is 831. The van der Waals surface area contributed by atoms with Crippen molar-refractivity contribution >= 4 is 27.3 Å². The maximum absolute atomic E-state index is 13.2. The number of rotatable bonds is 5. The molecule has 23 heavy (non-hydrogen) atoms. The standard InChI is InChI=1S/C14H14ClFN2O4S/c1-4-13(19)18(12-6-5-10(16)7-11(12)15)23(20,21)14-8(2)17-22-9(14)3/h4-7,13,19H,1H2,2-3H3. The van der Waals surface area contributed by atoms with Gasteiger partial charge >= 0.3 is 0 Å². The van der Waals surface area contributed by atoms with E-state index in [2.05, 4.69) is 11.7 Å². The monoisotopic (exact) mass is 360 g/mol. The van der Waals surface area contributed by atoms with E-state index in [4.69, 9.17) is 16.1 Å². The number of aliphatic hydroxyl groups excluding tert-OH is 1. The molecule has 0 spiro atoms. The molecular formula is C14H14ClFN2O4S. The average molecular weight is 361 g/mol. The van der Waals surface area contributed by atoms with Gasteiger partial charge in [-0.3, -0.25) is 0 Å². The van der Waals surface area contributed by atoms with Crippen molar-refractivity contribution in [1.82, 2.24) is 5.16 Å². The molecule has 2 rings (SSSR count). The summed E-state index contributed by atoms with van der Waals surface area (Å²) in [5, 5.41) is 13.5. The molecule has 1 aromatic carbocycles. The number of anilines is 1. The number of sulfonamides is 1. The maximum Gasteiger partial charge on any atom is 0.272 e. The fourth-order valence-electron chi connectivity index (χ4n) is 2.11. The highest BCUT2D eigenvalue weighted by atomic mass is 35.5. The van der Waals surface area contributed by atoms with Gasteiger partial charge in [0.2, 0.25) is 0 Å². The van der Waals surface area contributed by atoms with Crippen LogP contribution in [-0.2, 0) is 10.0 Å². The van der Waals surface area contributed by atoms with Crippen molar-refractivity contribution in [2.24, 2.45) is 0 Å². The van der Waals surface area contributed by atoms with E-state index in [9.17, 15) is 17.9 Å².